The summed E-state index contributed by atoms with van der Waals surface area (Å²) in [5.74, 6) is -1.17. The molecule has 100 valence electrons. The Morgan fingerprint density at radius 1 is 1.10 bits per heavy atom. The summed E-state index contributed by atoms with van der Waals surface area (Å²) < 4.78 is 1.64. The van der Waals surface area contributed by atoms with E-state index in [4.69, 9.17) is 11.6 Å². The smallest absolute Gasteiger partial charge is 0.185 e. The minimum absolute atomic E-state index is 0.305. The van der Waals surface area contributed by atoms with E-state index in [-0.39, 0.29) is 5.78 Å². The van der Waals surface area contributed by atoms with Gasteiger partial charge in [-0.3, -0.25) is 4.79 Å². The molecule has 0 spiro atoms. The average molecular weight is 413 g/mol. The highest BCUT2D eigenvalue weighted by molar-refractivity contribution is 9.10. The predicted molar refractivity (Wildman–Crippen MR) is 86.0 cm³/mol. The van der Waals surface area contributed by atoms with Crippen LogP contribution < -0.4 is 0 Å². The van der Waals surface area contributed by atoms with E-state index >= 15 is 0 Å². The summed E-state index contributed by atoms with van der Waals surface area (Å²) in [5.41, 5.74) is 0.993. The van der Waals surface area contributed by atoms with Crippen LogP contribution >= 0.6 is 43.5 Å². The molecule has 1 unspecified atom stereocenters. The zero-order valence-electron chi connectivity index (χ0n) is 10.1. The molecule has 0 radical (unpaired) electrons. The van der Waals surface area contributed by atoms with Gasteiger partial charge in [-0.2, -0.15) is 5.26 Å². The first kappa shape index (κ1) is 15.2. The first-order chi connectivity index (χ1) is 9.52. The van der Waals surface area contributed by atoms with Gasteiger partial charge in [0.1, 0.15) is 5.92 Å². The van der Waals surface area contributed by atoms with Gasteiger partial charge in [0.05, 0.1) is 11.1 Å². The third kappa shape index (κ3) is 3.29. The SMILES string of the molecule is N#CC(C(=O)c1cc(Br)ccc1Cl)c1ccc(Br)cc1. The van der Waals surface area contributed by atoms with E-state index in [1.54, 1.807) is 42.5 Å². The van der Waals surface area contributed by atoms with E-state index in [1.165, 1.54) is 0 Å². The lowest BCUT2D eigenvalue weighted by Gasteiger charge is -2.10. The number of Topliss-reactive ketones (excluding diaryl/α,β-unsaturated/α-hetero) is 1. The van der Waals surface area contributed by atoms with Gasteiger partial charge < -0.3 is 0 Å². The number of carbonyl (C=O) groups excluding carboxylic acids is 1. The average Bonchev–Trinajstić information content (AvgIpc) is 2.44. The molecule has 5 heteroatoms. The number of carbonyl (C=O) groups is 1. The van der Waals surface area contributed by atoms with E-state index in [2.05, 4.69) is 31.9 Å². The highest BCUT2D eigenvalue weighted by Crippen LogP contribution is 2.28. The highest BCUT2D eigenvalue weighted by atomic mass is 79.9. The second kappa shape index (κ2) is 6.53. The fourth-order valence-electron chi connectivity index (χ4n) is 1.78. The number of halogens is 3. The Bertz CT molecular complexity index is 692. The van der Waals surface area contributed by atoms with Crippen LogP contribution in [0.1, 0.15) is 21.8 Å². The summed E-state index contributed by atoms with van der Waals surface area (Å²) in [4.78, 5) is 12.5. The minimum Gasteiger partial charge on any atom is -0.292 e. The van der Waals surface area contributed by atoms with Crippen LogP contribution in [0.5, 0.6) is 0 Å². The zero-order valence-corrected chi connectivity index (χ0v) is 14.0. The fraction of sp³-hybridized carbons (Fsp3) is 0.0667. The largest absolute Gasteiger partial charge is 0.292 e. The maximum atomic E-state index is 12.5. The van der Waals surface area contributed by atoms with Crippen molar-refractivity contribution < 1.29 is 4.79 Å². The number of nitriles is 1. The van der Waals surface area contributed by atoms with Crippen molar-refractivity contribution in [2.45, 2.75) is 5.92 Å². The van der Waals surface area contributed by atoms with Crippen molar-refractivity contribution >= 4 is 49.2 Å². The Morgan fingerprint density at radius 3 is 2.30 bits per heavy atom. The van der Waals surface area contributed by atoms with Gasteiger partial charge in [-0.1, -0.05) is 55.6 Å². The molecular weight excluding hydrogens is 405 g/mol. The first-order valence-electron chi connectivity index (χ1n) is 5.67. The van der Waals surface area contributed by atoms with Gasteiger partial charge in [-0.25, -0.2) is 0 Å². The Morgan fingerprint density at radius 2 is 1.70 bits per heavy atom. The Balaban J connectivity index is 2.42. The Hall–Kier alpha value is -1.15. The van der Waals surface area contributed by atoms with E-state index in [1.807, 2.05) is 6.07 Å². The summed E-state index contributed by atoms with van der Waals surface area (Å²) in [6.45, 7) is 0. The Labute approximate surface area is 138 Å². The van der Waals surface area contributed by atoms with E-state index in [9.17, 15) is 10.1 Å². The molecule has 0 saturated heterocycles. The van der Waals surface area contributed by atoms with Gasteiger partial charge in [-0.05, 0) is 35.9 Å². The zero-order chi connectivity index (χ0) is 14.7. The molecule has 0 bridgehead atoms. The number of benzene rings is 2. The Kier molecular flexibility index (Phi) is 4.98. The van der Waals surface area contributed by atoms with Crippen molar-refractivity contribution in [3.63, 3.8) is 0 Å². The molecule has 2 aromatic carbocycles. The minimum atomic E-state index is -0.866. The lowest BCUT2D eigenvalue weighted by atomic mass is 9.92. The van der Waals surface area contributed by atoms with Crippen LogP contribution in [0, 0.1) is 11.3 Å². The standard InChI is InChI=1S/C15H8Br2ClNO/c16-10-3-1-9(2-4-10)13(8-19)15(20)12-7-11(17)5-6-14(12)18/h1-7,13H. The summed E-state index contributed by atoms with van der Waals surface area (Å²) in [6.07, 6.45) is 0. The van der Waals surface area contributed by atoms with Gasteiger partial charge in [0.15, 0.2) is 5.78 Å². The predicted octanol–water partition coefficient (Wildman–Crippen LogP) is 5.36. The van der Waals surface area contributed by atoms with Crippen molar-refractivity contribution in [2.24, 2.45) is 0 Å². The quantitative estimate of drug-likeness (QED) is 0.636. The molecule has 0 aliphatic carbocycles. The van der Waals surface area contributed by atoms with E-state index < -0.39 is 5.92 Å². The van der Waals surface area contributed by atoms with Crippen LogP contribution in [-0.4, -0.2) is 5.78 Å². The second-order valence-electron chi connectivity index (χ2n) is 4.10. The van der Waals surface area contributed by atoms with Crippen LogP contribution in [0.4, 0.5) is 0 Å². The normalized spacial score (nSPS) is 11.7. The molecule has 0 N–H and O–H groups in total. The summed E-state index contributed by atoms with van der Waals surface area (Å²) in [7, 11) is 0. The van der Waals surface area contributed by atoms with Crippen LogP contribution in [-0.2, 0) is 0 Å². The van der Waals surface area contributed by atoms with Gasteiger partial charge >= 0.3 is 0 Å². The summed E-state index contributed by atoms with van der Waals surface area (Å²) >= 11 is 12.7. The molecule has 1 atom stereocenters. The molecule has 0 fully saturated rings. The third-order valence-electron chi connectivity index (χ3n) is 2.79. The molecule has 2 rings (SSSR count). The maximum absolute atomic E-state index is 12.5. The first-order valence-corrected chi connectivity index (χ1v) is 7.63. The van der Waals surface area contributed by atoms with E-state index in [0.29, 0.717) is 16.1 Å². The summed E-state index contributed by atoms with van der Waals surface area (Å²) in [6, 6.07) is 14.2. The molecule has 0 heterocycles. The monoisotopic (exact) mass is 411 g/mol. The number of rotatable bonds is 3. The molecular formula is C15H8Br2ClNO. The van der Waals surface area contributed by atoms with Gasteiger partial charge in [0.25, 0.3) is 0 Å². The number of hydrogen-bond acceptors (Lipinski definition) is 2. The molecule has 0 amide bonds. The molecule has 0 saturated carbocycles. The van der Waals surface area contributed by atoms with Gasteiger partial charge in [0, 0.05) is 14.5 Å². The van der Waals surface area contributed by atoms with Crippen molar-refractivity contribution in [3.8, 4) is 6.07 Å². The molecule has 2 nitrogen and oxygen atoms in total. The molecule has 0 aromatic heterocycles. The topological polar surface area (TPSA) is 40.9 Å². The van der Waals surface area contributed by atoms with Crippen molar-refractivity contribution in [1.29, 1.82) is 5.26 Å². The third-order valence-corrected chi connectivity index (χ3v) is 4.14. The van der Waals surface area contributed by atoms with Crippen LogP contribution in [0.15, 0.2) is 51.4 Å². The lowest BCUT2D eigenvalue weighted by molar-refractivity contribution is 0.0979. The van der Waals surface area contributed by atoms with Gasteiger partial charge in [0.2, 0.25) is 0 Å². The lowest BCUT2D eigenvalue weighted by Crippen LogP contribution is -2.11. The second-order valence-corrected chi connectivity index (χ2v) is 6.34. The van der Waals surface area contributed by atoms with E-state index in [0.717, 1.165) is 8.95 Å². The van der Waals surface area contributed by atoms with Gasteiger partial charge in [-0.15, -0.1) is 0 Å². The van der Waals surface area contributed by atoms with Crippen molar-refractivity contribution in [3.05, 3.63) is 67.6 Å². The number of nitrogens with zero attached hydrogens (tertiary/aromatic N) is 1. The van der Waals surface area contributed by atoms with Crippen LogP contribution in [0.2, 0.25) is 5.02 Å². The van der Waals surface area contributed by atoms with Crippen LogP contribution in [0.3, 0.4) is 0 Å². The molecule has 20 heavy (non-hydrogen) atoms. The van der Waals surface area contributed by atoms with Crippen LogP contribution in [0.25, 0.3) is 0 Å². The fourth-order valence-corrected chi connectivity index (χ4v) is 2.62. The highest BCUT2D eigenvalue weighted by Gasteiger charge is 2.23. The number of ketones is 1. The molecule has 0 aliphatic rings. The summed E-state index contributed by atoms with van der Waals surface area (Å²) in [5, 5.41) is 9.65. The number of hydrogen-bond donors (Lipinski definition) is 0. The van der Waals surface area contributed by atoms with Crippen molar-refractivity contribution in [1.82, 2.24) is 0 Å². The molecule has 0 aliphatic heterocycles. The maximum Gasteiger partial charge on any atom is 0.185 e. The van der Waals surface area contributed by atoms with Crippen molar-refractivity contribution in [2.75, 3.05) is 0 Å². The molecule has 2 aromatic rings.